The van der Waals surface area contributed by atoms with E-state index in [4.69, 9.17) is 9.47 Å². The molecule has 0 saturated heterocycles. The van der Waals surface area contributed by atoms with Crippen LogP contribution in [0.1, 0.15) is 30.8 Å². The maximum atomic E-state index is 10.2. The highest BCUT2D eigenvalue weighted by Gasteiger charge is 2.15. The minimum absolute atomic E-state index is 0.149. The fourth-order valence-electron chi connectivity index (χ4n) is 3.82. The fourth-order valence-corrected chi connectivity index (χ4v) is 3.82. The van der Waals surface area contributed by atoms with E-state index in [1.807, 2.05) is 70.2 Å². The molecule has 0 radical (unpaired) electrons. The summed E-state index contributed by atoms with van der Waals surface area (Å²) in [7, 11) is 0. The Morgan fingerprint density at radius 3 is 2.44 bits per heavy atom. The third-order valence-corrected chi connectivity index (χ3v) is 5.59. The number of benzene rings is 2. The molecule has 3 N–H and O–H groups in total. The molecule has 4 rings (SSSR count). The molecule has 2 aromatic carbocycles. The van der Waals surface area contributed by atoms with E-state index in [0.29, 0.717) is 36.5 Å². The lowest BCUT2D eigenvalue weighted by Gasteiger charge is -2.18. The number of nitrogens with zero attached hydrogens (tertiary/aromatic N) is 4. The van der Waals surface area contributed by atoms with E-state index in [9.17, 15) is 5.11 Å². The molecule has 0 spiro atoms. The zero-order valence-corrected chi connectivity index (χ0v) is 21.0. The van der Waals surface area contributed by atoms with Crippen LogP contribution in [-0.4, -0.2) is 56.0 Å². The summed E-state index contributed by atoms with van der Waals surface area (Å²) in [4.78, 5) is 4.50. The van der Waals surface area contributed by atoms with Crippen LogP contribution in [0.15, 0.2) is 54.6 Å². The summed E-state index contributed by atoms with van der Waals surface area (Å²) in [5, 5.41) is 27.9. The lowest BCUT2D eigenvalue weighted by atomic mass is 9.98. The molecule has 36 heavy (non-hydrogen) atoms. The smallest absolute Gasteiger partial charge is 0.205 e. The number of nitrogens with one attached hydrogen (secondary N) is 2. The summed E-state index contributed by atoms with van der Waals surface area (Å²) >= 11 is 0. The number of aromatic amines is 1. The Kier molecular flexibility index (Phi) is 8.24. The van der Waals surface area contributed by atoms with Gasteiger partial charge in [0.1, 0.15) is 19.3 Å². The van der Waals surface area contributed by atoms with Crippen LogP contribution in [-0.2, 0) is 6.61 Å². The largest absolute Gasteiger partial charge is 0.485 e. The van der Waals surface area contributed by atoms with Crippen molar-refractivity contribution in [3.05, 3.63) is 71.5 Å². The van der Waals surface area contributed by atoms with Gasteiger partial charge >= 0.3 is 0 Å². The number of hydrogen-bond donors (Lipinski definition) is 3. The Bertz CT molecular complexity index is 1260. The topological polar surface area (TPSA) is 118 Å². The van der Waals surface area contributed by atoms with Crippen LogP contribution < -0.4 is 14.8 Å². The van der Waals surface area contributed by atoms with E-state index in [2.05, 4.69) is 43.1 Å². The number of H-pyrrole nitrogens is 1. The molecule has 0 aliphatic rings. The number of hydrogen-bond acceptors (Lipinski definition) is 8. The maximum absolute atomic E-state index is 10.2. The first-order chi connectivity index (χ1) is 17.4. The number of tetrazole rings is 1. The molecule has 1 atom stereocenters. The monoisotopic (exact) mass is 488 g/mol. The minimum Gasteiger partial charge on any atom is -0.485 e. The van der Waals surface area contributed by atoms with Crippen molar-refractivity contribution in [1.29, 1.82) is 0 Å². The van der Waals surface area contributed by atoms with Gasteiger partial charge in [-0.2, -0.15) is 5.21 Å². The van der Waals surface area contributed by atoms with Gasteiger partial charge in [-0.05, 0) is 35.8 Å². The van der Waals surface area contributed by atoms with Gasteiger partial charge in [0, 0.05) is 29.9 Å². The standard InChI is InChI=1S/C27H32N6O3/c1-17(2)28-14-22(34)16-36-26-19(4)29-18(3)13-25(26)35-15-20-9-11-21(12-10-20)23-7-5-6-8-24(23)27-30-32-33-31-27/h5-13,17,22,28,34H,14-16H2,1-4H3,(H,30,31,32,33). The first-order valence-electron chi connectivity index (χ1n) is 12.0. The first-order valence-corrected chi connectivity index (χ1v) is 12.0. The molecule has 0 amide bonds. The van der Waals surface area contributed by atoms with Gasteiger partial charge in [0.2, 0.25) is 5.82 Å². The Balaban J connectivity index is 1.45. The van der Waals surface area contributed by atoms with Crippen LogP contribution in [0.5, 0.6) is 11.5 Å². The predicted octanol–water partition coefficient (Wildman–Crippen LogP) is 3.86. The van der Waals surface area contributed by atoms with Crippen molar-refractivity contribution in [3.8, 4) is 34.0 Å². The third-order valence-electron chi connectivity index (χ3n) is 5.59. The Morgan fingerprint density at radius 2 is 1.75 bits per heavy atom. The molecule has 2 aromatic heterocycles. The Hall–Kier alpha value is -3.82. The van der Waals surface area contributed by atoms with E-state index in [1.54, 1.807) is 0 Å². The van der Waals surface area contributed by atoms with Gasteiger partial charge < -0.3 is 19.9 Å². The van der Waals surface area contributed by atoms with E-state index in [0.717, 1.165) is 33.6 Å². The number of rotatable bonds is 11. The quantitative estimate of drug-likeness (QED) is 0.291. The highest BCUT2D eigenvalue weighted by atomic mass is 16.5. The highest BCUT2D eigenvalue weighted by molar-refractivity contribution is 5.80. The highest BCUT2D eigenvalue weighted by Crippen LogP contribution is 2.33. The molecule has 0 fully saturated rings. The van der Waals surface area contributed by atoms with Gasteiger partial charge in [0.05, 0.1) is 5.69 Å². The maximum Gasteiger partial charge on any atom is 0.205 e. The Labute approximate surface area is 210 Å². The summed E-state index contributed by atoms with van der Waals surface area (Å²) in [5.74, 6) is 1.71. The van der Waals surface area contributed by atoms with Gasteiger partial charge in [-0.1, -0.05) is 62.4 Å². The Morgan fingerprint density at radius 1 is 1.00 bits per heavy atom. The molecule has 0 saturated carbocycles. The number of aliphatic hydroxyl groups excluding tert-OH is 1. The molecule has 4 aromatic rings. The van der Waals surface area contributed by atoms with Gasteiger partial charge in [-0.25, -0.2) is 0 Å². The predicted molar refractivity (Wildman–Crippen MR) is 138 cm³/mol. The van der Waals surface area contributed by atoms with Crippen LogP contribution in [0, 0.1) is 13.8 Å². The normalized spacial score (nSPS) is 12.1. The molecule has 188 valence electrons. The first kappa shape index (κ1) is 25.3. The second-order valence-corrected chi connectivity index (χ2v) is 8.97. The molecule has 0 aliphatic heterocycles. The van der Waals surface area contributed by atoms with Crippen LogP contribution in [0.4, 0.5) is 0 Å². The van der Waals surface area contributed by atoms with E-state index in [-0.39, 0.29) is 6.61 Å². The van der Waals surface area contributed by atoms with Gasteiger partial charge in [-0.15, -0.1) is 10.2 Å². The second-order valence-electron chi connectivity index (χ2n) is 8.97. The summed E-state index contributed by atoms with van der Waals surface area (Å²) in [6.07, 6.45) is -0.635. The molecule has 9 nitrogen and oxygen atoms in total. The molecular weight excluding hydrogens is 456 g/mol. The van der Waals surface area contributed by atoms with Gasteiger partial charge in [0.15, 0.2) is 11.5 Å². The van der Waals surface area contributed by atoms with Crippen molar-refractivity contribution < 1.29 is 14.6 Å². The molecule has 2 heterocycles. The van der Waals surface area contributed by atoms with Crippen molar-refractivity contribution in [1.82, 2.24) is 30.9 Å². The fraction of sp³-hybridized carbons (Fsp3) is 0.333. The van der Waals surface area contributed by atoms with E-state index < -0.39 is 6.10 Å². The summed E-state index contributed by atoms with van der Waals surface area (Å²) in [5.41, 5.74) is 5.55. The molecular formula is C27H32N6O3. The van der Waals surface area contributed by atoms with Crippen LogP contribution in [0.2, 0.25) is 0 Å². The summed E-state index contributed by atoms with van der Waals surface area (Å²) < 4.78 is 12.1. The second kappa shape index (κ2) is 11.7. The number of aromatic nitrogens is 5. The summed E-state index contributed by atoms with van der Waals surface area (Å²) in [6.45, 7) is 8.83. The van der Waals surface area contributed by atoms with E-state index >= 15 is 0 Å². The van der Waals surface area contributed by atoms with Crippen LogP contribution in [0.25, 0.3) is 22.5 Å². The average molecular weight is 489 g/mol. The lowest BCUT2D eigenvalue weighted by Crippen LogP contribution is -2.35. The van der Waals surface area contributed by atoms with E-state index in [1.165, 1.54) is 0 Å². The molecule has 0 aliphatic carbocycles. The zero-order chi connectivity index (χ0) is 25.5. The minimum atomic E-state index is -0.635. The number of pyridine rings is 1. The number of aryl methyl sites for hydroxylation is 2. The SMILES string of the molecule is Cc1cc(OCc2ccc(-c3ccccc3-c3nn[nH]n3)cc2)c(OCC(O)CNC(C)C)c(C)n1. The zero-order valence-electron chi connectivity index (χ0n) is 21.0. The van der Waals surface area contributed by atoms with Crippen molar-refractivity contribution >= 4 is 0 Å². The van der Waals surface area contributed by atoms with Gasteiger partial charge in [-0.3, -0.25) is 4.98 Å². The molecule has 9 heteroatoms. The average Bonchev–Trinajstić information content (AvgIpc) is 3.41. The third kappa shape index (κ3) is 6.44. The van der Waals surface area contributed by atoms with Crippen molar-refractivity contribution in [2.24, 2.45) is 0 Å². The van der Waals surface area contributed by atoms with Crippen molar-refractivity contribution in [3.63, 3.8) is 0 Å². The molecule has 0 bridgehead atoms. The summed E-state index contributed by atoms with van der Waals surface area (Å²) in [6, 6.07) is 18.3. The molecule has 1 unspecified atom stereocenters. The van der Waals surface area contributed by atoms with Gasteiger partial charge in [0.25, 0.3) is 0 Å². The van der Waals surface area contributed by atoms with Crippen molar-refractivity contribution in [2.75, 3.05) is 13.2 Å². The lowest BCUT2D eigenvalue weighted by molar-refractivity contribution is 0.101. The number of ether oxygens (including phenoxy) is 2. The number of aliphatic hydroxyl groups is 1. The van der Waals surface area contributed by atoms with Crippen molar-refractivity contribution in [2.45, 2.75) is 46.4 Å². The van der Waals surface area contributed by atoms with Crippen LogP contribution in [0.3, 0.4) is 0 Å². The van der Waals surface area contributed by atoms with Crippen LogP contribution >= 0.6 is 0 Å².